The second kappa shape index (κ2) is 6.07. The Bertz CT molecular complexity index is 493. The molecule has 0 spiro atoms. The highest BCUT2D eigenvalue weighted by Crippen LogP contribution is 2.25. The van der Waals surface area contributed by atoms with Crippen LogP contribution in [0.25, 0.3) is 0 Å². The first-order valence-electron chi connectivity index (χ1n) is 6.10. The normalized spacial score (nSPS) is 12.6. The number of rotatable bonds is 5. The maximum atomic E-state index is 12.9. The predicted octanol–water partition coefficient (Wildman–Crippen LogP) is 3.68. The van der Waals surface area contributed by atoms with Crippen LogP contribution < -0.4 is 5.32 Å². The van der Waals surface area contributed by atoms with Gasteiger partial charge in [-0.3, -0.25) is 4.98 Å². The highest BCUT2D eigenvalue weighted by Gasteiger charge is 2.15. The fraction of sp³-hybridized carbons (Fsp3) is 0.357. The SMILES string of the molecule is CCCNC(c1csc(C)c1)c1ccc(F)cn1. The van der Waals surface area contributed by atoms with Crippen molar-refractivity contribution in [3.05, 3.63) is 51.7 Å². The fourth-order valence-electron chi connectivity index (χ4n) is 1.85. The molecule has 2 nitrogen and oxygen atoms in total. The Labute approximate surface area is 111 Å². The van der Waals surface area contributed by atoms with Crippen molar-refractivity contribution in [1.82, 2.24) is 10.3 Å². The van der Waals surface area contributed by atoms with Crippen LogP contribution in [0.2, 0.25) is 0 Å². The average Bonchev–Trinajstić information content (AvgIpc) is 2.78. The number of aryl methyl sites for hydroxylation is 1. The molecule has 0 bridgehead atoms. The van der Waals surface area contributed by atoms with Crippen molar-refractivity contribution in [2.45, 2.75) is 26.3 Å². The van der Waals surface area contributed by atoms with Crippen molar-refractivity contribution < 1.29 is 4.39 Å². The Morgan fingerprint density at radius 1 is 1.44 bits per heavy atom. The highest BCUT2D eigenvalue weighted by molar-refractivity contribution is 7.10. The van der Waals surface area contributed by atoms with Gasteiger partial charge in [0.15, 0.2) is 0 Å². The lowest BCUT2D eigenvalue weighted by Gasteiger charge is -2.17. The first-order valence-corrected chi connectivity index (χ1v) is 6.98. The molecule has 0 saturated heterocycles. The van der Waals surface area contributed by atoms with Crippen LogP contribution in [-0.2, 0) is 0 Å². The van der Waals surface area contributed by atoms with Crippen molar-refractivity contribution in [2.24, 2.45) is 0 Å². The van der Waals surface area contributed by atoms with Crippen LogP contribution in [0.4, 0.5) is 4.39 Å². The van der Waals surface area contributed by atoms with Crippen LogP contribution in [0, 0.1) is 12.7 Å². The molecule has 18 heavy (non-hydrogen) atoms. The van der Waals surface area contributed by atoms with Crippen molar-refractivity contribution >= 4 is 11.3 Å². The highest BCUT2D eigenvalue weighted by atomic mass is 32.1. The summed E-state index contributed by atoms with van der Waals surface area (Å²) in [6.07, 6.45) is 2.33. The van der Waals surface area contributed by atoms with Gasteiger partial charge >= 0.3 is 0 Å². The number of aromatic nitrogens is 1. The molecule has 0 fully saturated rings. The molecule has 2 aromatic rings. The third kappa shape index (κ3) is 3.15. The van der Waals surface area contributed by atoms with Crippen molar-refractivity contribution in [2.75, 3.05) is 6.54 Å². The third-order valence-electron chi connectivity index (χ3n) is 2.73. The number of thiophene rings is 1. The van der Waals surface area contributed by atoms with Crippen LogP contribution in [0.5, 0.6) is 0 Å². The van der Waals surface area contributed by atoms with Crippen LogP contribution in [0.15, 0.2) is 29.8 Å². The number of pyridine rings is 1. The van der Waals surface area contributed by atoms with Crippen molar-refractivity contribution in [1.29, 1.82) is 0 Å². The smallest absolute Gasteiger partial charge is 0.141 e. The molecule has 96 valence electrons. The van der Waals surface area contributed by atoms with E-state index in [1.54, 1.807) is 17.4 Å². The summed E-state index contributed by atoms with van der Waals surface area (Å²) in [6.45, 7) is 5.13. The van der Waals surface area contributed by atoms with Gasteiger partial charge in [-0.15, -0.1) is 11.3 Å². The number of halogens is 1. The predicted molar refractivity (Wildman–Crippen MR) is 73.4 cm³/mol. The minimum Gasteiger partial charge on any atom is -0.305 e. The second-order valence-corrected chi connectivity index (χ2v) is 5.39. The quantitative estimate of drug-likeness (QED) is 0.891. The first-order chi connectivity index (χ1) is 8.70. The van der Waals surface area contributed by atoms with Gasteiger partial charge in [0.2, 0.25) is 0 Å². The topological polar surface area (TPSA) is 24.9 Å². The standard InChI is InChI=1S/C14H17FN2S/c1-3-6-16-14(11-7-10(2)18-9-11)13-5-4-12(15)8-17-13/h4-5,7-9,14,16H,3,6H2,1-2H3. The summed E-state index contributed by atoms with van der Waals surface area (Å²) in [7, 11) is 0. The number of nitrogens with zero attached hydrogens (tertiary/aromatic N) is 1. The van der Waals surface area contributed by atoms with Gasteiger partial charge in [-0.1, -0.05) is 6.92 Å². The van der Waals surface area contributed by atoms with E-state index in [-0.39, 0.29) is 11.9 Å². The lowest BCUT2D eigenvalue weighted by atomic mass is 10.1. The van der Waals surface area contributed by atoms with Gasteiger partial charge < -0.3 is 5.32 Å². The molecular weight excluding hydrogens is 247 g/mol. The van der Waals surface area contributed by atoms with E-state index in [0.717, 1.165) is 18.7 Å². The van der Waals surface area contributed by atoms with Gasteiger partial charge in [-0.2, -0.15) is 0 Å². The molecule has 0 aliphatic heterocycles. The second-order valence-electron chi connectivity index (χ2n) is 4.28. The van der Waals surface area contributed by atoms with Crippen LogP contribution in [0.1, 0.15) is 35.5 Å². The molecular formula is C14H17FN2S. The van der Waals surface area contributed by atoms with Gasteiger partial charge in [-0.25, -0.2) is 4.39 Å². The molecule has 0 saturated carbocycles. The summed E-state index contributed by atoms with van der Waals surface area (Å²) >= 11 is 1.72. The summed E-state index contributed by atoms with van der Waals surface area (Å²) in [5.74, 6) is -0.297. The lowest BCUT2D eigenvalue weighted by Crippen LogP contribution is -2.23. The summed E-state index contributed by atoms with van der Waals surface area (Å²) in [5, 5.41) is 5.59. The molecule has 0 amide bonds. The van der Waals surface area contributed by atoms with Gasteiger partial charge in [0.05, 0.1) is 17.9 Å². The van der Waals surface area contributed by atoms with Crippen molar-refractivity contribution in [3.8, 4) is 0 Å². The monoisotopic (exact) mass is 264 g/mol. The summed E-state index contributed by atoms with van der Waals surface area (Å²) < 4.78 is 12.9. The maximum absolute atomic E-state index is 12.9. The number of nitrogens with one attached hydrogen (secondary N) is 1. The molecule has 0 aliphatic rings. The largest absolute Gasteiger partial charge is 0.305 e. The minimum atomic E-state index is -0.297. The first kappa shape index (κ1) is 13.2. The van der Waals surface area contributed by atoms with Crippen LogP contribution >= 0.6 is 11.3 Å². The average molecular weight is 264 g/mol. The Balaban J connectivity index is 2.27. The molecule has 1 unspecified atom stereocenters. The summed E-state index contributed by atoms with van der Waals surface area (Å²) in [6, 6.07) is 5.41. The zero-order valence-corrected chi connectivity index (χ0v) is 11.4. The Hall–Kier alpha value is -1.26. The summed E-state index contributed by atoms with van der Waals surface area (Å²) in [5.41, 5.74) is 2.06. The van der Waals surface area contributed by atoms with E-state index in [1.165, 1.54) is 22.7 Å². The minimum absolute atomic E-state index is 0.0514. The Morgan fingerprint density at radius 2 is 2.28 bits per heavy atom. The van der Waals surface area contributed by atoms with Gasteiger partial charge in [0.25, 0.3) is 0 Å². The van der Waals surface area contributed by atoms with Crippen LogP contribution in [-0.4, -0.2) is 11.5 Å². The van der Waals surface area contributed by atoms with E-state index >= 15 is 0 Å². The van der Waals surface area contributed by atoms with E-state index in [2.05, 4.69) is 35.6 Å². The number of hydrogen-bond acceptors (Lipinski definition) is 3. The molecule has 1 N–H and O–H groups in total. The summed E-state index contributed by atoms with van der Waals surface area (Å²) in [4.78, 5) is 5.46. The van der Waals surface area contributed by atoms with E-state index in [4.69, 9.17) is 0 Å². The number of hydrogen-bond donors (Lipinski definition) is 1. The van der Waals surface area contributed by atoms with E-state index < -0.39 is 0 Å². The molecule has 2 heterocycles. The molecule has 0 aromatic carbocycles. The fourth-order valence-corrected chi connectivity index (χ4v) is 2.59. The van der Waals surface area contributed by atoms with E-state index in [9.17, 15) is 4.39 Å². The maximum Gasteiger partial charge on any atom is 0.141 e. The molecule has 0 aliphatic carbocycles. The zero-order chi connectivity index (χ0) is 13.0. The molecule has 4 heteroatoms. The van der Waals surface area contributed by atoms with Crippen LogP contribution in [0.3, 0.4) is 0 Å². The molecule has 2 aromatic heterocycles. The Kier molecular flexibility index (Phi) is 4.44. The zero-order valence-electron chi connectivity index (χ0n) is 10.6. The van der Waals surface area contributed by atoms with E-state index in [0.29, 0.717) is 0 Å². The van der Waals surface area contributed by atoms with E-state index in [1.807, 2.05) is 0 Å². The van der Waals surface area contributed by atoms with Gasteiger partial charge in [-0.05, 0) is 49.0 Å². The van der Waals surface area contributed by atoms with Crippen molar-refractivity contribution in [3.63, 3.8) is 0 Å². The molecule has 2 rings (SSSR count). The van der Waals surface area contributed by atoms with Gasteiger partial charge in [0, 0.05) is 4.88 Å². The lowest BCUT2D eigenvalue weighted by molar-refractivity contribution is 0.577. The molecule has 1 atom stereocenters. The Morgan fingerprint density at radius 3 is 2.83 bits per heavy atom. The molecule has 0 radical (unpaired) electrons. The van der Waals surface area contributed by atoms with Gasteiger partial charge in [0.1, 0.15) is 5.82 Å². The third-order valence-corrected chi connectivity index (χ3v) is 3.61.